The van der Waals surface area contributed by atoms with Gasteiger partial charge in [0, 0.05) is 43.5 Å². The minimum Gasteiger partial charge on any atom is -0.467 e. The maximum absolute atomic E-state index is 13.1. The topological polar surface area (TPSA) is 45.7 Å². The van der Waals surface area contributed by atoms with E-state index in [-0.39, 0.29) is 36.3 Å². The van der Waals surface area contributed by atoms with Gasteiger partial charge in [-0.2, -0.15) is 0 Å². The highest BCUT2D eigenvalue weighted by Gasteiger charge is 2.32. The van der Waals surface area contributed by atoms with Gasteiger partial charge < -0.3 is 9.64 Å². The third-order valence-electron chi connectivity index (χ3n) is 5.10. The lowest BCUT2D eigenvalue weighted by atomic mass is 10.1. The first-order valence-corrected chi connectivity index (χ1v) is 10.4. The summed E-state index contributed by atoms with van der Waals surface area (Å²) in [7, 11) is 0. The standard InChI is InChI=1S/C21H24Cl2FN3O2/c1-14-11-27(15(2)10-26(14)12-16-3-5-19(24)6-4-16)20(28)13-29-21-17(8-22)7-18(23)9-25-21/h3-7,9,14-15H,8,10-13H2,1-2H3/t14-,15+/m0/s1. The van der Waals surface area contributed by atoms with Crippen molar-refractivity contribution in [3.63, 3.8) is 0 Å². The Morgan fingerprint density at radius 1 is 1.24 bits per heavy atom. The molecule has 0 bridgehead atoms. The highest BCUT2D eigenvalue weighted by molar-refractivity contribution is 6.30. The Labute approximate surface area is 180 Å². The number of halogens is 3. The molecule has 1 amide bonds. The molecule has 1 saturated heterocycles. The Kier molecular flexibility index (Phi) is 7.33. The van der Waals surface area contributed by atoms with Gasteiger partial charge in [-0.05, 0) is 37.6 Å². The number of pyridine rings is 1. The molecule has 0 aliphatic carbocycles. The number of benzene rings is 1. The number of piperazine rings is 1. The van der Waals surface area contributed by atoms with Crippen LogP contribution < -0.4 is 4.74 Å². The fourth-order valence-electron chi connectivity index (χ4n) is 3.50. The minimum absolute atomic E-state index is 0.0356. The van der Waals surface area contributed by atoms with E-state index in [2.05, 4.69) is 16.8 Å². The van der Waals surface area contributed by atoms with Crippen LogP contribution in [0.3, 0.4) is 0 Å². The summed E-state index contributed by atoms with van der Waals surface area (Å²) in [6.07, 6.45) is 1.47. The van der Waals surface area contributed by atoms with Crippen molar-refractivity contribution in [1.82, 2.24) is 14.8 Å². The first kappa shape index (κ1) is 21.8. The number of hydrogen-bond acceptors (Lipinski definition) is 4. The monoisotopic (exact) mass is 439 g/mol. The average molecular weight is 440 g/mol. The molecular weight excluding hydrogens is 416 g/mol. The minimum atomic E-state index is -0.238. The summed E-state index contributed by atoms with van der Waals surface area (Å²) in [4.78, 5) is 21.0. The molecule has 1 aliphatic rings. The Hall–Kier alpha value is -1.89. The zero-order valence-corrected chi connectivity index (χ0v) is 18.0. The van der Waals surface area contributed by atoms with Crippen LogP contribution in [-0.4, -0.2) is 52.5 Å². The van der Waals surface area contributed by atoms with E-state index in [1.165, 1.54) is 18.3 Å². The van der Waals surface area contributed by atoms with E-state index < -0.39 is 0 Å². The van der Waals surface area contributed by atoms with Crippen LogP contribution in [0.1, 0.15) is 25.0 Å². The molecule has 1 aromatic carbocycles. The fraction of sp³-hybridized carbons (Fsp3) is 0.429. The van der Waals surface area contributed by atoms with Crippen molar-refractivity contribution < 1.29 is 13.9 Å². The number of carbonyl (C=O) groups excluding carboxylic acids is 1. The molecular formula is C21H24Cl2FN3O2. The van der Waals surface area contributed by atoms with Crippen LogP contribution in [0.15, 0.2) is 36.5 Å². The molecule has 3 rings (SSSR count). The number of alkyl halides is 1. The van der Waals surface area contributed by atoms with Gasteiger partial charge in [-0.3, -0.25) is 9.69 Å². The van der Waals surface area contributed by atoms with Crippen molar-refractivity contribution in [2.45, 2.75) is 38.4 Å². The second kappa shape index (κ2) is 9.74. The van der Waals surface area contributed by atoms with Gasteiger partial charge in [-0.15, -0.1) is 11.6 Å². The predicted octanol–water partition coefficient (Wildman–Crippen LogP) is 4.11. The summed E-state index contributed by atoms with van der Waals surface area (Å²) < 4.78 is 18.7. The second-order valence-corrected chi connectivity index (χ2v) is 8.04. The van der Waals surface area contributed by atoms with Gasteiger partial charge in [0.25, 0.3) is 5.91 Å². The highest BCUT2D eigenvalue weighted by atomic mass is 35.5. The van der Waals surface area contributed by atoms with E-state index in [1.807, 2.05) is 11.8 Å². The van der Waals surface area contributed by atoms with E-state index in [0.717, 1.165) is 18.7 Å². The lowest BCUT2D eigenvalue weighted by Gasteiger charge is -2.44. The van der Waals surface area contributed by atoms with Crippen molar-refractivity contribution in [2.24, 2.45) is 0 Å². The van der Waals surface area contributed by atoms with Crippen LogP contribution in [0.5, 0.6) is 5.88 Å². The van der Waals surface area contributed by atoms with Crippen molar-refractivity contribution in [1.29, 1.82) is 0 Å². The largest absolute Gasteiger partial charge is 0.467 e. The molecule has 8 heteroatoms. The molecule has 1 aromatic heterocycles. The quantitative estimate of drug-likeness (QED) is 0.635. The van der Waals surface area contributed by atoms with Crippen molar-refractivity contribution >= 4 is 29.1 Å². The average Bonchev–Trinajstić information content (AvgIpc) is 2.70. The van der Waals surface area contributed by atoms with E-state index in [9.17, 15) is 9.18 Å². The molecule has 0 saturated carbocycles. The number of nitrogens with zero attached hydrogens (tertiary/aromatic N) is 3. The van der Waals surface area contributed by atoms with Gasteiger partial charge in [-0.1, -0.05) is 23.7 Å². The van der Waals surface area contributed by atoms with Gasteiger partial charge in [-0.25, -0.2) is 9.37 Å². The van der Waals surface area contributed by atoms with Gasteiger partial charge in [0.2, 0.25) is 5.88 Å². The van der Waals surface area contributed by atoms with E-state index in [4.69, 9.17) is 27.9 Å². The smallest absolute Gasteiger partial charge is 0.260 e. The predicted molar refractivity (Wildman–Crippen MR) is 112 cm³/mol. The highest BCUT2D eigenvalue weighted by Crippen LogP contribution is 2.22. The normalized spacial score (nSPS) is 20.0. The Morgan fingerprint density at radius 2 is 1.97 bits per heavy atom. The summed E-state index contributed by atoms with van der Waals surface area (Å²) in [5, 5.41) is 0.471. The number of ether oxygens (including phenoxy) is 1. The maximum atomic E-state index is 13.1. The van der Waals surface area contributed by atoms with Gasteiger partial charge in [0.15, 0.2) is 6.61 Å². The van der Waals surface area contributed by atoms with Crippen LogP contribution in [0.4, 0.5) is 4.39 Å². The fourth-order valence-corrected chi connectivity index (χ4v) is 3.87. The molecule has 0 radical (unpaired) electrons. The number of aromatic nitrogens is 1. The zero-order chi connectivity index (χ0) is 21.0. The van der Waals surface area contributed by atoms with Crippen LogP contribution in [0, 0.1) is 5.82 Å². The van der Waals surface area contributed by atoms with Crippen molar-refractivity contribution in [3.05, 3.63) is 58.5 Å². The number of amides is 1. The lowest BCUT2D eigenvalue weighted by molar-refractivity contribution is -0.139. The third kappa shape index (κ3) is 5.59. The van der Waals surface area contributed by atoms with Gasteiger partial charge >= 0.3 is 0 Å². The van der Waals surface area contributed by atoms with E-state index in [1.54, 1.807) is 18.2 Å². The molecule has 156 valence electrons. The molecule has 2 heterocycles. The Bertz CT molecular complexity index is 850. The molecule has 2 atom stereocenters. The summed E-state index contributed by atoms with van der Waals surface area (Å²) in [6.45, 7) is 6.05. The molecule has 0 unspecified atom stereocenters. The van der Waals surface area contributed by atoms with Crippen LogP contribution >= 0.6 is 23.2 Å². The lowest BCUT2D eigenvalue weighted by Crippen LogP contribution is -2.58. The Morgan fingerprint density at radius 3 is 2.66 bits per heavy atom. The molecule has 0 N–H and O–H groups in total. The first-order valence-electron chi connectivity index (χ1n) is 9.48. The molecule has 5 nitrogen and oxygen atoms in total. The number of carbonyl (C=O) groups is 1. The maximum Gasteiger partial charge on any atom is 0.260 e. The van der Waals surface area contributed by atoms with Crippen molar-refractivity contribution in [2.75, 3.05) is 19.7 Å². The third-order valence-corrected chi connectivity index (χ3v) is 5.60. The first-order chi connectivity index (χ1) is 13.9. The Balaban J connectivity index is 1.58. The summed E-state index contributed by atoms with van der Waals surface area (Å²) in [5.41, 5.74) is 1.70. The van der Waals surface area contributed by atoms with E-state index >= 15 is 0 Å². The summed E-state index contributed by atoms with van der Waals surface area (Å²) in [5.74, 6) is 0.196. The van der Waals surface area contributed by atoms with Crippen LogP contribution in [0.2, 0.25) is 5.02 Å². The van der Waals surface area contributed by atoms with Crippen molar-refractivity contribution in [3.8, 4) is 5.88 Å². The van der Waals surface area contributed by atoms with E-state index in [0.29, 0.717) is 23.0 Å². The van der Waals surface area contributed by atoms with Gasteiger partial charge in [0.1, 0.15) is 5.82 Å². The van der Waals surface area contributed by atoms with Gasteiger partial charge in [0.05, 0.1) is 10.9 Å². The molecule has 0 spiro atoms. The van der Waals surface area contributed by atoms with Crippen LogP contribution in [0.25, 0.3) is 0 Å². The summed E-state index contributed by atoms with van der Waals surface area (Å²) >= 11 is 11.8. The van der Waals surface area contributed by atoms with Crippen LogP contribution in [-0.2, 0) is 17.2 Å². The molecule has 29 heavy (non-hydrogen) atoms. The summed E-state index contributed by atoms with van der Waals surface area (Å²) in [6, 6.07) is 8.43. The number of hydrogen-bond donors (Lipinski definition) is 0. The zero-order valence-electron chi connectivity index (χ0n) is 16.4. The molecule has 1 aliphatic heterocycles. The molecule has 1 fully saturated rings. The second-order valence-electron chi connectivity index (χ2n) is 7.34. The SMILES string of the molecule is C[C@@H]1CN(Cc2ccc(F)cc2)[C@@H](C)CN1C(=O)COc1ncc(Cl)cc1CCl. The number of rotatable bonds is 6. The molecule has 2 aromatic rings.